The molecule has 16 heavy (non-hydrogen) atoms. The van der Waals surface area contributed by atoms with Crippen molar-refractivity contribution in [2.24, 2.45) is 5.92 Å². The molecule has 2 nitrogen and oxygen atoms in total. The van der Waals surface area contributed by atoms with E-state index in [1.807, 2.05) is 11.3 Å². The predicted octanol–water partition coefficient (Wildman–Crippen LogP) is 3.07. The predicted molar refractivity (Wildman–Crippen MR) is 72.1 cm³/mol. The molecule has 1 N–H and O–H groups in total. The number of hydrogen-bond acceptors (Lipinski definition) is 3. The molecule has 0 atom stereocenters. The first-order chi connectivity index (χ1) is 7.84. The van der Waals surface area contributed by atoms with Crippen molar-refractivity contribution in [3.05, 3.63) is 20.8 Å². The van der Waals surface area contributed by atoms with Crippen molar-refractivity contribution in [1.29, 1.82) is 0 Å². The normalized spacial score (nSPS) is 17.8. The van der Waals surface area contributed by atoms with Crippen molar-refractivity contribution in [2.75, 3.05) is 26.3 Å². The molecule has 1 saturated heterocycles. The fourth-order valence-electron chi connectivity index (χ4n) is 1.95. The quantitative estimate of drug-likeness (QED) is 0.844. The number of hydrogen-bond donors (Lipinski definition) is 1. The van der Waals surface area contributed by atoms with E-state index >= 15 is 0 Å². The van der Waals surface area contributed by atoms with Gasteiger partial charge in [-0.2, -0.15) is 0 Å². The number of thiophene rings is 1. The number of nitrogens with one attached hydrogen (secondary N) is 1. The number of ether oxygens (including phenoxy) is 1. The Morgan fingerprint density at radius 3 is 2.88 bits per heavy atom. The molecule has 1 aliphatic heterocycles. The van der Waals surface area contributed by atoms with Crippen LogP contribution in [0.2, 0.25) is 0 Å². The molecule has 0 bridgehead atoms. The molecule has 0 aromatic carbocycles. The van der Waals surface area contributed by atoms with Crippen LogP contribution in [-0.2, 0) is 11.2 Å². The van der Waals surface area contributed by atoms with Crippen LogP contribution >= 0.6 is 27.3 Å². The highest BCUT2D eigenvalue weighted by atomic mass is 79.9. The van der Waals surface area contributed by atoms with Crippen molar-refractivity contribution < 1.29 is 4.74 Å². The molecular weight excluding hydrogens is 286 g/mol. The molecule has 0 spiro atoms. The minimum Gasteiger partial charge on any atom is -0.381 e. The standard InChI is InChI=1S/C12H18BrNOS/c13-12-2-1-11(16-12)3-6-14-9-10-4-7-15-8-5-10/h1-2,10,14H,3-9H2. The Morgan fingerprint density at radius 2 is 2.19 bits per heavy atom. The van der Waals surface area contributed by atoms with Crippen LogP contribution < -0.4 is 5.32 Å². The molecule has 1 fully saturated rings. The van der Waals surface area contributed by atoms with Crippen LogP contribution in [0.1, 0.15) is 17.7 Å². The van der Waals surface area contributed by atoms with Gasteiger partial charge < -0.3 is 10.1 Å². The third-order valence-electron chi connectivity index (χ3n) is 2.95. The third-order valence-corrected chi connectivity index (χ3v) is 4.63. The molecule has 0 amide bonds. The van der Waals surface area contributed by atoms with Gasteiger partial charge in [0, 0.05) is 18.1 Å². The first kappa shape index (κ1) is 12.6. The van der Waals surface area contributed by atoms with Gasteiger partial charge in [-0.3, -0.25) is 0 Å². The van der Waals surface area contributed by atoms with Gasteiger partial charge in [0.15, 0.2) is 0 Å². The van der Waals surface area contributed by atoms with Crippen LogP contribution in [0.4, 0.5) is 0 Å². The minimum absolute atomic E-state index is 0.823. The maximum absolute atomic E-state index is 5.35. The van der Waals surface area contributed by atoms with E-state index in [2.05, 4.69) is 33.4 Å². The van der Waals surface area contributed by atoms with Gasteiger partial charge in [0.05, 0.1) is 3.79 Å². The molecule has 90 valence electrons. The summed E-state index contributed by atoms with van der Waals surface area (Å²) in [6.07, 6.45) is 3.58. The monoisotopic (exact) mass is 303 g/mol. The lowest BCUT2D eigenvalue weighted by atomic mass is 10.0. The summed E-state index contributed by atoms with van der Waals surface area (Å²) in [7, 11) is 0. The fourth-order valence-corrected chi connectivity index (χ4v) is 3.44. The molecule has 1 aromatic rings. The Hall–Kier alpha value is 0.1000. The van der Waals surface area contributed by atoms with Gasteiger partial charge in [0.1, 0.15) is 0 Å². The average molecular weight is 304 g/mol. The molecule has 0 saturated carbocycles. The summed E-state index contributed by atoms with van der Waals surface area (Å²) in [5.41, 5.74) is 0. The Labute approximate surface area is 110 Å². The second kappa shape index (κ2) is 6.74. The Morgan fingerprint density at radius 1 is 1.38 bits per heavy atom. The van der Waals surface area contributed by atoms with Gasteiger partial charge in [-0.05, 0) is 66.3 Å². The maximum Gasteiger partial charge on any atom is 0.0701 e. The van der Waals surface area contributed by atoms with Crippen LogP contribution in [0.15, 0.2) is 15.9 Å². The lowest BCUT2D eigenvalue weighted by Crippen LogP contribution is -2.28. The summed E-state index contributed by atoms with van der Waals surface area (Å²) in [5, 5.41) is 3.55. The highest BCUT2D eigenvalue weighted by Crippen LogP contribution is 2.22. The van der Waals surface area contributed by atoms with Crippen molar-refractivity contribution in [1.82, 2.24) is 5.32 Å². The molecule has 0 unspecified atom stereocenters. The summed E-state index contributed by atoms with van der Waals surface area (Å²) in [4.78, 5) is 1.45. The van der Waals surface area contributed by atoms with Crippen LogP contribution in [0, 0.1) is 5.92 Å². The molecule has 2 heterocycles. The zero-order valence-electron chi connectivity index (χ0n) is 9.38. The van der Waals surface area contributed by atoms with Crippen molar-refractivity contribution >= 4 is 27.3 Å². The maximum atomic E-state index is 5.35. The highest BCUT2D eigenvalue weighted by Gasteiger charge is 2.12. The molecular formula is C12H18BrNOS. The summed E-state index contributed by atoms with van der Waals surface area (Å²) < 4.78 is 6.58. The van der Waals surface area contributed by atoms with Gasteiger partial charge in [-0.25, -0.2) is 0 Å². The largest absolute Gasteiger partial charge is 0.381 e. The Bertz CT molecular complexity index is 310. The van der Waals surface area contributed by atoms with Crippen molar-refractivity contribution in [3.63, 3.8) is 0 Å². The number of halogens is 1. The third kappa shape index (κ3) is 4.17. The van der Waals surface area contributed by atoms with Crippen molar-refractivity contribution in [2.45, 2.75) is 19.3 Å². The van der Waals surface area contributed by atoms with E-state index < -0.39 is 0 Å². The fraction of sp³-hybridized carbons (Fsp3) is 0.667. The zero-order valence-corrected chi connectivity index (χ0v) is 11.8. The zero-order chi connectivity index (χ0) is 11.2. The lowest BCUT2D eigenvalue weighted by molar-refractivity contribution is 0.0664. The van der Waals surface area contributed by atoms with Crippen LogP contribution in [0.25, 0.3) is 0 Å². The summed E-state index contributed by atoms with van der Waals surface area (Å²) in [6, 6.07) is 4.32. The topological polar surface area (TPSA) is 21.3 Å². The van der Waals surface area contributed by atoms with Crippen LogP contribution in [0.5, 0.6) is 0 Å². The highest BCUT2D eigenvalue weighted by molar-refractivity contribution is 9.11. The second-order valence-electron chi connectivity index (χ2n) is 4.22. The summed E-state index contributed by atoms with van der Waals surface area (Å²) in [6.45, 7) is 4.13. The van der Waals surface area contributed by atoms with Crippen LogP contribution in [-0.4, -0.2) is 26.3 Å². The average Bonchev–Trinajstić information content (AvgIpc) is 2.72. The Kier molecular flexibility index (Phi) is 5.29. The van der Waals surface area contributed by atoms with Gasteiger partial charge >= 0.3 is 0 Å². The number of rotatable bonds is 5. The Balaban J connectivity index is 1.57. The first-order valence-electron chi connectivity index (χ1n) is 5.87. The van der Waals surface area contributed by atoms with Gasteiger partial charge in [-0.15, -0.1) is 11.3 Å². The van der Waals surface area contributed by atoms with E-state index in [4.69, 9.17) is 4.74 Å². The van der Waals surface area contributed by atoms with Gasteiger partial charge in [-0.1, -0.05) is 0 Å². The van der Waals surface area contributed by atoms with E-state index in [9.17, 15) is 0 Å². The molecule has 2 rings (SSSR count). The van der Waals surface area contributed by atoms with Crippen molar-refractivity contribution in [3.8, 4) is 0 Å². The van der Waals surface area contributed by atoms with Gasteiger partial charge in [0.2, 0.25) is 0 Å². The molecule has 4 heteroatoms. The SMILES string of the molecule is Brc1ccc(CCNCC2CCOCC2)s1. The molecule has 1 aromatic heterocycles. The smallest absolute Gasteiger partial charge is 0.0701 e. The molecule has 1 aliphatic rings. The first-order valence-corrected chi connectivity index (χ1v) is 7.48. The minimum atomic E-state index is 0.823. The van der Waals surface area contributed by atoms with E-state index in [1.54, 1.807) is 0 Å². The van der Waals surface area contributed by atoms with Gasteiger partial charge in [0.25, 0.3) is 0 Å². The van der Waals surface area contributed by atoms with E-state index in [-0.39, 0.29) is 0 Å². The molecule has 0 radical (unpaired) electrons. The van der Waals surface area contributed by atoms with E-state index in [1.165, 1.54) is 21.5 Å². The summed E-state index contributed by atoms with van der Waals surface area (Å²) >= 11 is 5.32. The second-order valence-corrected chi connectivity index (χ2v) is 6.76. The molecule has 0 aliphatic carbocycles. The summed E-state index contributed by atoms with van der Waals surface area (Å²) in [5.74, 6) is 0.823. The van der Waals surface area contributed by atoms with E-state index in [0.29, 0.717) is 0 Å². The van der Waals surface area contributed by atoms with Crippen LogP contribution in [0.3, 0.4) is 0 Å². The van der Waals surface area contributed by atoms with E-state index in [0.717, 1.165) is 38.6 Å². The lowest BCUT2D eigenvalue weighted by Gasteiger charge is -2.22.